The van der Waals surface area contributed by atoms with Crippen LogP contribution in [0, 0.1) is 6.92 Å². The third-order valence-corrected chi connectivity index (χ3v) is 8.70. The minimum Gasteiger partial charge on any atom is -0.445 e. The minimum absolute atomic E-state index is 0.0151. The number of nitrogens with zero attached hydrogens (tertiary/aromatic N) is 3. The van der Waals surface area contributed by atoms with Crippen LogP contribution in [0.15, 0.2) is 34.9 Å². The van der Waals surface area contributed by atoms with Crippen molar-refractivity contribution in [3.8, 4) is 0 Å². The van der Waals surface area contributed by atoms with Gasteiger partial charge in [0, 0.05) is 29.1 Å². The maximum atomic E-state index is 13.5. The number of furan rings is 1. The molecule has 2 aromatic heterocycles. The summed E-state index contributed by atoms with van der Waals surface area (Å²) in [5.74, 6) is 2.44. The van der Waals surface area contributed by atoms with Gasteiger partial charge in [0.05, 0.1) is 10.9 Å². The molecule has 1 amide bonds. The number of nitrogens with one attached hydrogen (secondary N) is 1. The lowest BCUT2D eigenvalue weighted by Gasteiger charge is -2.39. The van der Waals surface area contributed by atoms with E-state index in [1.165, 1.54) is 11.1 Å². The van der Waals surface area contributed by atoms with Crippen LogP contribution >= 0.6 is 11.8 Å². The molecule has 1 N–H and O–H groups in total. The molecule has 2 aliphatic heterocycles. The number of aromatic nitrogens is 2. The molecule has 1 saturated heterocycles. The molecule has 6 nitrogen and oxygen atoms in total. The van der Waals surface area contributed by atoms with Crippen molar-refractivity contribution in [1.82, 2.24) is 14.9 Å². The molecular formula is C24H26N4O2S. The van der Waals surface area contributed by atoms with E-state index in [1.807, 2.05) is 23.6 Å². The summed E-state index contributed by atoms with van der Waals surface area (Å²) in [4.78, 5) is 24.5. The minimum atomic E-state index is 0.0151. The maximum absolute atomic E-state index is 13.5. The van der Waals surface area contributed by atoms with Gasteiger partial charge in [0.25, 0.3) is 5.91 Å². The smallest absolute Gasteiger partial charge is 0.257 e. The second-order valence-electron chi connectivity index (χ2n) is 9.37. The quantitative estimate of drug-likeness (QED) is 0.634. The molecule has 2 fully saturated rings. The summed E-state index contributed by atoms with van der Waals surface area (Å²) in [5, 5.41) is 4.24. The van der Waals surface area contributed by atoms with Gasteiger partial charge < -0.3 is 14.6 Å². The molecule has 0 bridgehead atoms. The third kappa shape index (κ3) is 3.13. The Morgan fingerprint density at radius 1 is 1.16 bits per heavy atom. The number of hydrogen-bond acceptors (Lipinski definition) is 6. The standard InChI is InChI=1S/C24H26N4O2S/c1-15-25-20(27-23(2)7-8-23)19-17(13-30-21(19)26-15)22(29)28-11-9-24(10-12-28)18-6-4-3-5-16(18)14-31-24/h3-6,13H,7-12,14H2,1-2H3,(H,25,26,27). The summed E-state index contributed by atoms with van der Waals surface area (Å²) in [7, 11) is 0. The highest BCUT2D eigenvalue weighted by Gasteiger charge is 2.43. The third-order valence-electron chi connectivity index (χ3n) is 7.07. The molecule has 0 atom stereocenters. The number of amides is 1. The zero-order chi connectivity index (χ0) is 21.2. The lowest BCUT2D eigenvalue weighted by atomic mass is 9.86. The van der Waals surface area contributed by atoms with Crippen LogP contribution in [0.25, 0.3) is 11.1 Å². The number of anilines is 1. The monoisotopic (exact) mass is 434 g/mol. The summed E-state index contributed by atoms with van der Waals surface area (Å²) in [5.41, 5.74) is 4.02. The fourth-order valence-electron chi connectivity index (χ4n) is 4.93. The number of rotatable bonds is 3. The molecule has 4 heterocycles. The normalized spacial score (nSPS) is 20.8. The maximum Gasteiger partial charge on any atom is 0.257 e. The highest BCUT2D eigenvalue weighted by Crippen LogP contribution is 2.53. The first-order valence-corrected chi connectivity index (χ1v) is 12.0. The van der Waals surface area contributed by atoms with Crippen LogP contribution in [0.3, 0.4) is 0 Å². The molecule has 1 aliphatic carbocycles. The van der Waals surface area contributed by atoms with Gasteiger partial charge in [-0.05, 0) is 50.7 Å². The Morgan fingerprint density at radius 2 is 1.94 bits per heavy atom. The molecule has 3 aromatic rings. The van der Waals surface area contributed by atoms with Crippen molar-refractivity contribution in [3.63, 3.8) is 0 Å². The van der Waals surface area contributed by atoms with Crippen molar-refractivity contribution in [3.05, 3.63) is 53.0 Å². The van der Waals surface area contributed by atoms with Crippen molar-refractivity contribution in [1.29, 1.82) is 0 Å². The van der Waals surface area contributed by atoms with E-state index in [2.05, 4.69) is 46.5 Å². The predicted octanol–water partition coefficient (Wildman–Crippen LogP) is 4.87. The Morgan fingerprint density at radius 3 is 2.71 bits per heavy atom. The second-order valence-corrected chi connectivity index (χ2v) is 10.7. The topological polar surface area (TPSA) is 71.3 Å². The van der Waals surface area contributed by atoms with Gasteiger partial charge in [-0.15, -0.1) is 11.8 Å². The summed E-state index contributed by atoms with van der Waals surface area (Å²) in [6.07, 6.45) is 5.73. The van der Waals surface area contributed by atoms with E-state index in [0.29, 0.717) is 28.3 Å². The number of carbonyl (C=O) groups excluding carboxylic acids is 1. The predicted molar refractivity (Wildman–Crippen MR) is 122 cm³/mol. The molecule has 6 rings (SSSR count). The zero-order valence-corrected chi connectivity index (χ0v) is 18.7. The number of piperidine rings is 1. The van der Waals surface area contributed by atoms with Crippen molar-refractivity contribution in [2.24, 2.45) is 0 Å². The van der Waals surface area contributed by atoms with Crippen molar-refractivity contribution < 1.29 is 9.21 Å². The Bertz CT molecular complexity index is 1190. The van der Waals surface area contributed by atoms with Gasteiger partial charge in [0.2, 0.25) is 5.71 Å². The molecule has 160 valence electrons. The Kier molecular flexibility index (Phi) is 4.16. The van der Waals surface area contributed by atoms with Gasteiger partial charge in [-0.1, -0.05) is 24.3 Å². The molecule has 31 heavy (non-hydrogen) atoms. The van der Waals surface area contributed by atoms with E-state index >= 15 is 0 Å². The van der Waals surface area contributed by atoms with Crippen LogP contribution in [-0.2, 0) is 10.5 Å². The SMILES string of the molecule is Cc1nc(NC2(C)CC2)c2c(C(=O)N3CCC4(CC3)SCc3ccccc34)coc2n1. The van der Waals surface area contributed by atoms with Crippen LogP contribution < -0.4 is 5.32 Å². The Balaban J connectivity index is 1.28. The number of thioether (sulfide) groups is 1. The molecule has 7 heteroatoms. The number of benzene rings is 1. The number of likely N-dealkylation sites (tertiary alicyclic amines) is 1. The van der Waals surface area contributed by atoms with Crippen molar-refractivity contribution in [2.75, 3.05) is 18.4 Å². The van der Waals surface area contributed by atoms with Gasteiger partial charge in [-0.2, -0.15) is 4.98 Å². The van der Waals surface area contributed by atoms with Gasteiger partial charge in [-0.3, -0.25) is 4.79 Å². The van der Waals surface area contributed by atoms with Crippen LogP contribution in [-0.4, -0.2) is 39.4 Å². The summed E-state index contributed by atoms with van der Waals surface area (Å²) in [6.45, 7) is 5.53. The average Bonchev–Trinajstić information content (AvgIpc) is 3.19. The number of aryl methyl sites for hydroxylation is 1. The first-order chi connectivity index (χ1) is 15.0. The molecule has 1 aromatic carbocycles. The van der Waals surface area contributed by atoms with E-state index in [0.717, 1.165) is 44.5 Å². The van der Waals surface area contributed by atoms with Crippen LogP contribution in [0.1, 0.15) is 59.9 Å². The van der Waals surface area contributed by atoms with E-state index < -0.39 is 0 Å². The zero-order valence-electron chi connectivity index (χ0n) is 17.9. The number of hydrogen-bond donors (Lipinski definition) is 1. The molecule has 0 unspecified atom stereocenters. The Labute approximate surface area is 185 Å². The fourth-order valence-corrected chi connectivity index (χ4v) is 6.44. The lowest BCUT2D eigenvalue weighted by molar-refractivity contribution is 0.0705. The largest absolute Gasteiger partial charge is 0.445 e. The molecule has 0 radical (unpaired) electrons. The van der Waals surface area contributed by atoms with Crippen LogP contribution in [0.5, 0.6) is 0 Å². The lowest BCUT2D eigenvalue weighted by Crippen LogP contribution is -2.43. The number of carbonyl (C=O) groups is 1. The van der Waals surface area contributed by atoms with Crippen molar-refractivity contribution in [2.45, 2.75) is 55.6 Å². The van der Waals surface area contributed by atoms with Gasteiger partial charge >= 0.3 is 0 Å². The van der Waals surface area contributed by atoms with E-state index in [-0.39, 0.29) is 16.2 Å². The first-order valence-electron chi connectivity index (χ1n) is 11.0. The molecule has 3 aliphatic rings. The molecule has 1 spiro atoms. The highest BCUT2D eigenvalue weighted by molar-refractivity contribution is 7.99. The van der Waals surface area contributed by atoms with E-state index in [9.17, 15) is 4.79 Å². The van der Waals surface area contributed by atoms with Gasteiger partial charge in [0.1, 0.15) is 17.9 Å². The second kappa shape index (κ2) is 6.73. The summed E-state index contributed by atoms with van der Waals surface area (Å²) >= 11 is 2.04. The Hall–Kier alpha value is -2.54. The van der Waals surface area contributed by atoms with Crippen LogP contribution in [0.2, 0.25) is 0 Å². The summed E-state index contributed by atoms with van der Waals surface area (Å²) < 4.78 is 5.87. The van der Waals surface area contributed by atoms with Crippen LogP contribution in [0.4, 0.5) is 5.82 Å². The molecular weight excluding hydrogens is 408 g/mol. The summed E-state index contributed by atoms with van der Waals surface area (Å²) in [6, 6.07) is 8.77. The van der Waals surface area contributed by atoms with Gasteiger partial charge in [-0.25, -0.2) is 4.98 Å². The van der Waals surface area contributed by atoms with E-state index in [1.54, 1.807) is 6.26 Å². The van der Waals surface area contributed by atoms with E-state index in [4.69, 9.17) is 4.42 Å². The molecule has 1 saturated carbocycles. The average molecular weight is 435 g/mol. The fraction of sp³-hybridized carbons (Fsp3) is 0.458. The first kappa shape index (κ1) is 19.2. The highest BCUT2D eigenvalue weighted by atomic mass is 32.2. The number of fused-ring (bicyclic) bond motifs is 3. The van der Waals surface area contributed by atoms with Crippen molar-refractivity contribution >= 4 is 34.6 Å². The van der Waals surface area contributed by atoms with Gasteiger partial charge in [0.15, 0.2) is 0 Å².